The van der Waals surface area contributed by atoms with E-state index in [1.807, 2.05) is 4.90 Å². The average Bonchev–Trinajstić information content (AvgIpc) is 2.29. The summed E-state index contributed by atoms with van der Waals surface area (Å²) in [6, 6.07) is 0. The largest absolute Gasteiger partial charge is 0.375 e. The minimum absolute atomic E-state index is 0.0849. The van der Waals surface area contributed by atoms with Crippen molar-refractivity contribution in [1.29, 1.82) is 0 Å². The van der Waals surface area contributed by atoms with Crippen LogP contribution in [0, 0.1) is 0 Å². The second-order valence-electron chi connectivity index (χ2n) is 5.05. The normalized spacial score (nSPS) is 27.3. The summed E-state index contributed by atoms with van der Waals surface area (Å²) < 4.78 is 5.59. The highest BCUT2D eigenvalue weighted by atomic mass is 16.5. The van der Waals surface area contributed by atoms with Crippen molar-refractivity contribution in [3.8, 4) is 0 Å². The molecule has 1 N–H and O–H groups in total. The molecule has 4 heteroatoms. The zero-order valence-corrected chi connectivity index (χ0v) is 10.6. The topological polar surface area (TPSA) is 41.6 Å². The Hall–Kier alpha value is -0.610. The number of ether oxygens (including phenoxy) is 1. The van der Waals surface area contributed by atoms with Crippen LogP contribution in [0.2, 0.25) is 0 Å². The molecule has 2 heterocycles. The lowest BCUT2D eigenvalue weighted by Crippen LogP contribution is -2.43. The van der Waals surface area contributed by atoms with Crippen molar-refractivity contribution < 1.29 is 9.53 Å². The third kappa shape index (κ3) is 4.28. The van der Waals surface area contributed by atoms with Gasteiger partial charge in [0, 0.05) is 26.2 Å². The van der Waals surface area contributed by atoms with E-state index in [0.29, 0.717) is 6.42 Å². The van der Waals surface area contributed by atoms with E-state index in [1.54, 1.807) is 0 Å². The van der Waals surface area contributed by atoms with Crippen LogP contribution in [0.4, 0.5) is 0 Å². The van der Waals surface area contributed by atoms with Gasteiger partial charge in [0.05, 0.1) is 19.1 Å². The molecule has 2 aliphatic rings. The minimum Gasteiger partial charge on any atom is -0.375 e. The van der Waals surface area contributed by atoms with Gasteiger partial charge in [-0.1, -0.05) is 19.3 Å². The van der Waals surface area contributed by atoms with E-state index in [9.17, 15) is 4.79 Å². The lowest BCUT2D eigenvalue weighted by Gasteiger charge is -2.28. The van der Waals surface area contributed by atoms with Crippen molar-refractivity contribution in [3.63, 3.8) is 0 Å². The Balaban J connectivity index is 1.76. The van der Waals surface area contributed by atoms with Crippen molar-refractivity contribution in [2.75, 3.05) is 32.8 Å². The van der Waals surface area contributed by atoms with Crippen LogP contribution in [0.1, 0.15) is 38.5 Å². The van der Waals surface area contributed by atoms with Crippen molar-refractivity contribution in [3.05, 3.63) is 0 Å². The summed E-state index contributed by atoms with van der Waals surface area (Å²) in [6.07, 6.45) is 6.83. The van der Waals surface area contributed by atoms with Gasteiger partial charge < -0.3 is 15.0 Å². The average molecular weight is 240 g/mol. The Labute approximate surface area is 104 Å². The van der Waals surface area contributed by atoms with Crippen LogP contribution in [-0.2, 0) is 9.53 Å². The summed E-state index contributed by atoms with van der Waals surface area (Å²) in [6.45, 7) is 4.35. The second-order valence-corrected chi connectivity index (χ2v) is 5.05. The number of hydrogen-bond acceptors (Lipinski definition) is 3. The van der Waals surface area contributed by atoms with E-state index in [1.165, 1.54) is 19.3 Å². The first-order valence-corrected chi connectivity index (χ1v) is 6.96. The number of amides is 1. The monoisotopic (exact) mass is 240 g/mol. The summed E-state index contributed by atoms with van der Waals surface area (Å²) in [7, 11) is 0. The highest BCUT2D eigenvalue weighted by Gasteiger charge is 2.21. The fourth-order valence-electron chi connectivity index (χ4n) is 2.57. The first kappa shape index (κ1) is 12.8. The molecule has 1 atom stereocenters. The molecule has 98 valence electrons. The molecule has 0 aromatic rings. The van der Waals surface area contributed by atoms with E-state index < -0.39 is 0 Å². The van der Waals surface area contributed by atoms with Gasteiger partial charge in [0.2, 0.25) is 5.91 Å². The summed E-state index contributed by atoms with van der Waals surface area (Å²) in [5.74, 6) is 0.278. The van der Waals surface area contributed by atoms with Gasteiger partial charge >= 0.3 is 0 Å². The molecule has 17 heavy (non-hydrogen) atoms. The maximum atomic E-state index is 12.1. The van der Waals surface area contributed by atoms with Gasteiger partial charge in [-0.15, -0.1) is 0 Å². The van der Waals surface area contributed by atoms with E-state index in [4.69, 9.17) is 4.74 Å². The zero-order valence-electron chi connectivity index (χ0n) is 10.6. The number of morpholine rings is 1. The van der Waals surface area contributed by atoms with Gasteiger partial charge in [0.25, 0.3) is 0 Å². The molecule has 0 bridgehead atoms. The molecule has 0 spiro atoms. The maximum absolute atomic E-state index is 12.1. The van der Waals surface area contributed by atoms with Crippen LogP contribution < -0.4 is 5.32 Å². The molecule has 0 aliphatic carbocycles. The number of nitrogens with one attached hydrogen (secondary N) is 1. The van der Waals surface area contributed by atoms with E-state index in [-0.39, 0.29) is 12.0 Å². The third-order valence-corrected chi connectivity index (χ3v) is 3.62. The predicted molar refractivity (Wildman–Crippen MR) is 66.9 cm³/mol. The Morgan fingerprint density at radius 2 is 1.88 bits per heavy atom. The summed E-state index contributed by atoms with van der Waals surface area (Å²) >= 11 is 0. The van der Waals surface area contributed by atoms with Gasteiger partial charge in [0.15, 0.2) is 0 Å². The molecule has 2 fully saturated rings. The molecule has 2 saturated heterocycles. The molecule has 4 nitrogen and oxygen atoms in total. The van der Waals surface area contributed by atoms with Crippen LogP contribution in [0.3, 0.4) is 0 Å². The van der Waals surface area contributed by atoms with Crippen LogP contribution in [0.15, 0.2) is 0 Å². The molecule has 0 saturated carbocycles. The Morgan fingerprint density at radius 1 is 1.18 bits per heavy atom. The Bertz CT molecular complexity index is 232. The summed E-state index contributed by atoms with van der Waals surface area (Å²) in [5.41, 5.74) is 0. The molecule has 0 aromatic heterocycles. The van der Waals surface area contributed by atoms with Crippen molar-refractivity contribution in [2.45, 2.75) is 44.6 Å². The molecule has 1 amide bonds. The maximum Gasteiger partial charge on any atom is 0.225 e. The van der Waals surface area contributed by atoms with Crippen LogP contribution in [0.25, 0.3) is 0 Å². The SMILES string of the molecule is O=C(CC1CNCCO1)N1CCCCCCC1. The van der Waals surface area contributed by atoms with Crippen molar-refractivity contribution >= 4 is 5.91 Å². The zero-order chi connectivity index (χ0) is 11.9. The molecular formula is C13H24N2O2. The van der Waals surface area contributed by atoms with Gasteiger partial charge in [0.1, 0.15) is 0 Å². The Morgan fingerprint density at radius 3 is 2.53 bits per heavy atom. The smallest absolute Gasteiger partial charge is 0.225 e. The molecule has 2 rings (SSSR count). The molecule has 2 aliphatic heterocycles. The first-order valence-electron chi connectivity index (χ1n) is 6.96. The highest BCUT2D eigenvalue weighted by molar-refractivity contribution is 5.76. The van der Waals surface area contributed by atoms with Crippen LogP contribution in [-0.4, -0.2) is 49.7 Å². The molecular weight excluding hydrogens is 216 g/mol. The summed E-state index contributed by atoms with van der Waals surface area (Å²) in [4.78, 5) is 14.2. The van der Waals surface area contributed by atoms with Crippen LogP contribution >= 0.6 is 0 Å². The number of likely N-dealkylation sites (tertiary alicyclic amines) is 1. The molecule has 1 unspecified atom stereocenters. The fraction of sp³-hybridized carbons (Fsp3) is 0.923. The van der Waals surface area contributed by atoms with Gasteiger partial charge in [-0.2, -0.15) is 0 Å². The quantitative estimate of drug-likeness (QED) is 0.787. The van der Waals surface area contributed by atoms with Crippen LogP contribution in [0.5, 0.6) is 0 Å². The highest BCUT2D eigenvalue weighted by Crippen LogP contribution is 2.13. The van der Waals surface area contributed by atoms with Crippen molar-refractivity contribution in [2.24, 2.45) is 0 Å². The fourth-order valence-corrected chi connectivity index (χ4v) is 2.57. The van der Waals surface area contributed by atoms with Gasteiger partial charge in [-0.05, 0) is 12.8 Å². The molecule has 0 radical (unpaired) electrons. The van der Waals surface area contributed by atoms with Gasteiger partial charge in [-0.3, -0.25) is 4.79 Å². The number of hydrogen-bond donors (Lipinski definition) is 1. The van der Waals surface area contributed by atoms with E-state index in [2.05, 4.69) is 5.32 Å². The minimum atomic E-state index is 0.0849. The van der Waals surface area contributed by atoms with E-state index in [0.717, 1.165) is 45.6 Å². The lowest BCUT2D eigenvalue weighted by atomic mass is 10.1. The Kier molecular flexibility index (Phi) is 5.26. The predicted octanol–water partition coefficient (Wildman–Crippen LogP) is 1.16. The van der Waals surface area contributed by atoms with E-state index >= 15 is 0 Å². The lowest BCUT2D eigenvalue weighted by molar-refractivity contribution is -0.135. The standard InChI is InChI=1S/C13H24N2O2/c16-13(10-12-11-14-6-9-17-12)15-7-4-2-1-3-5-8-15/h12,14H,1-11H2. The third-order valence-electron chi connectivity index (χ3n) is 3.62. The second kappa shape index (κ2) is 6.97. The number of carbonyl (C=O) groups is 1. The first-order chi connectivity index (χ1) is 8.36. The molecule has 0 aromatic carbocycles. The van der Waals surface area contributed by atoms with Crippen molar-refractivity contribution in [1.82, 2.24) is 10.2 Å². The number of nitrogens with zero attached hydrogens (tertiary/aromatic N) is 1. The number of rotatable bonds is 2. The summed E-state index contributed by atoms with van der Waals surface area (Å²) in [5, 5.41) is 3.27. The van der Waals surface area contributed by atoms with Gasteiger partial charge in [-0.25, -0.2) is 0 Å². The number of carbonyl (C=O) groups excluding carboxylic acids is 1.